The molecule has 1 aliphatic rings. The Morgan fingerprint density at radius 2 is 1.34 bits per heavy atom. The van der Waals surface area contributed by atoms with Crippen molar-refractivity contribution < 1.29 is 4.42 Å². The fraction of sp³-hybridized carbons (Fsp3) is 0.333. The topological polar surface area (TPSA) is 28.9 Å². The second kappa shape index (κ2) is 4.87. The lowest BCUT2D eigenvalue weighted by Crippen LogP contribution is -2.42. The zero-order chi connectivity index (χ0) is 20.3. The van der Waals surface area contributed by atoms with Crippen LogP contribution in [0.2, 0.25) is 0 Å². The van der Waals surface area contributed by atoms with Crippen molar-refractivity contribution in [2.24, 2.45) is 5.41 Å². The third-order valence-electron chi connectivity index (χ3n) is 8.73. The van der Waals surface area contributed by atoms with Crippen molar-refractivity contribution in [2.75, 3.05) is 0 Å². The quantitative estimate of drug-likeness (QED) is 0.291. The van der Waals surface area contributed by atoms with Crippen LogP contribution in [-0.4, -0.2) is 4.98 Å². The zero-order valence-electron chi connectivity index (χ0n) is 18.0. The Morgan fingerprint density at radius 3 is 2.10 bits per heavy atom. The number of fused-ring (bicyclic) bond motifs is 8. The maximum absolute atomic E-state index is 6.28. The summed E-state index contributed by atoms with van der Waals surface area (Å²) in [5.41, 5.74) is 7.53. The van der Waals surface area contributed by atoms with E-state index < -0.39 is 0 Å². The van der Waals surface area contributed by atoms with Crippen LogP contribution in [0, 0.1) is 5.41 Å². The molecule has 0 amide bonds. The highest BCUT2D eigenvalue weighted by molar-refractivity contribution is 6.20. The molecule has 6 rings (SSSR count). The van der Waals surface area contributed by atoms with Crippen LogP contribution in [0.5, 0.6) is 0 Å². The first-order chi connectivity index (χ1) is 13.6. The van der Waals surface area contributed by atoms with Crippen LogP contribution >= 0.6 is 0 Å². The minimum absolute atomic E-state index is 0.103. The Hall–Kier alpha value is -2.74. The van der Waals surface area contributed by atoms with E-state index in [1.807, 2.05) is 12.1 Å². The fourth-order valence-corrected chi connectivity index (χ4v) is 5.69. The highest BCUT2D eigenvalue weighted by atomic mass is 16.3. The molecular formula is C27H27NO. The molecule has 0 spiro atoms. The van der Waals surface area contributed by atoms with Gasteiger partial charge in [0.05, 0.1) is 5.52 Å². The minimum Gasteiger partial charge on any atom is -0.454 e. The SMILES string of the molecule is CC1(C)c2cc3[nH]c4c(ccc5c6ccccc6oc54)c3cc2C(C)(C)C1(C)C. The molecule has 0 bridgehead atoms. The second-order valence-corrected chi connectivity index (χ2v) is 10.4. The molecule has 29 heavy (non-hydrogen) atoms. The van der Waals surface area contributed by atoms with Crippen LogP contribution in [0.15, 0.2) is 52.9 Å². The highest BCUT2D eigenvalue weighted by Crippen LogP contribution is 2.62. The van der Waals surface area contributed by atoms with Gasteiger partial charge in [-0.15, -0.1) is 0 Å². The summed E-state index contributed by atoms with van der Waals surface area (Å²) in [5, 5.41) is 4.89. The molecule has 0 radical (unpaired) electrons. The summed E-state index contributed by atoms with van der Waals surface area (Å²) in [6.07, 6.45) is 0. The predicted octanol–water partition coefficient (Wildman–Crippen LogP) is 7.82. The lowest BCUT2D eigenvalue weighted by atomic mass is 9.59. The first-order valence-electron chi connectivity index (χ1n) is 10.6. The number of nitrogens with one attached hydrogen (secondary N) is 1. The van der Waals surface area contributed by atoms with Gasteiger partial charge in [-0.2, -0.15) is 0 Å². The molecule has 2 heteroatoms. The van der Waals surface area contributed by atoms with Gasteiger partial charge in [-0.1, -0.05) is 65.8 Å². The monoisotopic (exact) mass is 381 g/mol. The van der Waals surface area contributed by atoms with E-state index in [9.17, 15) is 0 Å². The molecule has 0 unspecified atom stereocenters. The van der Waals surface area contributed by atoms with Gasteiger partial charge in [-0.3, -0.25) is 0 Å². The van der Waals surface area contributed by atoms with Crippen molar-refractivity contribution in [2.45, 2.75) is 52.4 Å². The molecule has 2 aromatic heterocycles. The molecule has 5 aromatic rings. The molecule has 0 fully saturated rings. The number of rotatable bonds is 0. The Balaban J connectivity index is 1.74. The molecule has 2 heterocycles. The highest BCUT2D eigenvalue weighted by Gasteiger charge is 2.56. The predicted molar refractivity (Wildman–Crippen MR) is 123 cm³/mol. The Bertz CT molecular complexity index is 1470. The number of hydrogen-bond donors (Lipinski definition) is 1. The Labute approximate surface area is 170 Å². The first kappa shape index (κ1) is 17.1. The summed E-state index contributed by atoms with van der Waals surface area (Å²) in [4.78, 5) is 3.71. The number of furan rings is 1. The first-order valence-corrected chi connectivity index (χ1v) is 10.6. The number of aromatic nitrogens is 1. The molecule has 0 atom stereocenters. The Kier molecular flexibility index (Phi) is 2.88. The molecule has 1 aliphatic carbocycles. The van der Waals surface area contributed by atoms with Gasteiger partial charge in [-0.05, 0) is 51.6 Å². The number of benzene rings is 3. The molecule has 2 nitrogen and oxygen atoms in total. The van der Waals surface area contributed by atoms with Crippen LogP contribution in [0.25, 0.3) is 43.7 Å². The van der Waals surface area contributed by atoms with Crippen molar-refractivity contribution in [3.63, 3.8) is 0 Å². The molecule has 0 saturated carbocycles. The van der Waals surface area contributed by atoms with Crippen molar-refractivity contribution >= 4 is 43.7 Å². The van der Waals surface area contributed by atoms with Crippen LogP contribution in [0.3, 0.4) is 0 Å². The smallest absolute Gasteiger partial charge is 0.159 e. The van der Waals surface area contributed by atoms with Gasteiger partial charge in [0.15, 0.2) is 5.58 Å². The third-order valence-corrected chi connectivity index (χ3v) is 8.73. The maximum Gasteiger partial charge on any atom is 0.159 e. The summed E-state index contributed by atoms with van der Waals surface area (Å²) in [7, 11) is 0. The van der Waals surface area contributed by atoms with Crippen LogP contribution in [-0.2, 0) is 10.8 Å². The largest absolute Gasteiger partial charge is 0.454 e. The second-order valence-electron chi connectivity index (χ2n) is 10.4. The molecule has 0 aliphatic heterocycles. The summed E-state index contributed by atoms with van der Waals surface area (Å²) in [6, 6.07) is 17.6. The standard InChI is InChI=1S/C27H27NO/c1-25(2)19-13-18-16-11-12-17-15-9-7-8-10-22(15)29-24(17)23(16)28-21(18)14-20(19)26(3,4)27(25,5)6/h7-14,28H,1-6H3. The molecule has 3 aromatic carbocycles. The van der Waals surface area contributed by atoms with E-state index in [-0.39, 0.29) is 16.2 Å². The lowest BCUT2D eigenvalue weighted by Gasteiger charge is -2.44. The van der Waals surface area contributed by atoms with Gasteiger partial charge in [0.25, 0.3) is 0 Å². The fourth-order valence-electron chi connectivity index (χ4n) is 5.69. The zero-order valence-corrected chi connectivity index (χ0v) is 18.0. The van der Waals surface area contributed by atoms with E-state index in [4.69, 9.17) is 4.42 Å². The van der Waals surface area contributed by atoms with Crippen LogP contribution in [0.1, 0.15) is 52.7 Å². The summed E-state index contributed by atoms with van der Waals surface area (Å²) in [6.45, 7) is 14.4. The van der Waals surface area contributed by atoms with Crippen molar-refractivity contribution in [3.8, 4) is 0 Å². The number of para-hydroxylation sites is 1. The van der Waals surface area contributed by atoms with E-state index in [0.717, 1.165) is 16.7 Å². The van der Waals surface area contributed by atoms with Crippen LogP contribution in [0.4, 0.5) is 0 Å². The van der Waals surface area contributed by atoms with Gasteiger partial charge in [0, 0.05) is 27.1 Å². The van der Waals surface area contributed by atoms with E-state index in [2.05, 4.69) is 82.9 Å². The van der Waals surface area contributed by atoms with Gasteiger partial charge in [0.1, 0.15) is 5.58 Å². The maximum atomic E-state index is 6.28. The number of H-pyrrole nitrogens is 1. The number of aromatic amines is 1. The average molecular weight is 382 g/mol. The summed E-state index contributed by atoms with van der Waals surface area (Å²) in [5.74, 6) is 0. The van der Waals surface area contributed by atoms with Gasteiger partial charge in [-0.25, -0.2) is 0 Å². The van der Waals surface area contributed by atoms with Crippen molar-refractivity contribution in [3.05, 3.63) is 59.7 Å². The van der Waals surface area contributed by atoms with E-state index >= 15 is 0 Å². The molecule has 146 valence electrons. The molecule has 1 N–H and O–H groups in total. The minimum atomic E-state index is 0.103. The third kappa shape index (κ3) is 1.79. The lowest BCUT2D eigenvalue weighted by molar-refractivity contribution is 0.125. The average Bonchev–Trinajstić information content (AvgIpc) is 3.26. The van der Waals surface area contributed by atoms with Gasteiger partial charge in [0.2, 0.25) is 0 Å². The van der Waals surface area contributed by atoms with Crippen LogP contribution < -0.4 is 0 Å². The van der Waals surface area contributed by atoms with Gasteiger partial charge < -0.3 is 9.40 Å². The van der Waals surface area contributed by atoms with E-state index in [1.165, 1.54) is 38.2 Å². The molecule has 0 saturated heterocycles. The van der Waals surface area contributed by atoms with Gasteiger partial charge >= 0.3 is 0 Å². The normalized spacial score (nSPS) is 19.5. The van der Waals surface area contributed by atoms with Crippen molar-refractivity contribution in [1.82, 2.24) is 4.98 Å². The van der Waals surface area contributed by atoms with E-state index in [1.54, 1.807) is 0 Å². The number of hydrogen-bond acceptors (Lipinski definition) is 1. The van der Waals surface area contributed by atoms with Crippen molar-refractivity contribution in [1.29, 1.82) is 0 Å². The summed E-state index contributed by atoms with van der Waals surface area (Å²) >= 11 is 0. The Morgan fingerprint density at radius 1 is 0.690 bits per heavy atom. The summed E-state index contributed by atoms with van der Waals surface area (Å²) < 4.78 is 6.28. The molecular weight excluding hydrogens is 354 g/mol. The van der Waals surface area contributed by atoms with E-state index in [0.29, 0.717) is 0 Å².